The summed E-state index contributed by atoms with van der Waals surface area (Å²) in [7, 11) is 0. The van der Waals surface area contributed by atoms with Crippen LogP contribution in [0.25, 0.3) is 0 Å². The Bertz CT molecular complexity index is 644. The van der Waals surface area contributed by atoms with E-state index in [1.54, 1.807) is 41.3 Å². The number of hydrogen-bond acceptors (Lipinski definition) is 5. The van der Waals surface area contributed by atoms with Crippen LogP contribution in [-0.4, -0.2) is 31.8 Å². The first-order valence-corrected chi connectivity index (χ1v) is 6.57. The molecule has 0 bridgehead atoms. The van der Waals surface area contributed by atoms with E-state index in [1.807, 2.05) is 6.92 Å². The van der Waals surface area contributed by atoms with E-state index < -0.39 is 11.8 Å². The van der Waals surface area contributed by atoms with Gasteiger partial charge in [0.05, 0.1) is 18.2 Å². The van der Waals surface area contributed by atoms with Crippen molar-refractivity contribution in [3.63, 3.8) is 0 Å². The van der Waals surface area contributed by atoms with Crippen LogP contribution in [0, 0.1) is 18.3 Å². The monoisotopic (exact) mass is 286 g/mol. The predicted molar refractivity (Wildman–Crippen MR) is 78.4 cm³/mol. The number of aryl methyl sites for hydroxylation is 1. The number of aliphatic hydroxyl groups excluding tert-OH is 1. The van der Waals surface area contributed by atoms with Gasteiger partial charge in [0.25, 0.3) is 0 Å². The van der Waals surface area contributed by atoms with Gasteiger partial charge in [0, 0.05) is 18.1 Å². The average molecular weight is 286 g/mol. The minimum Gasteiger partial charge on any atom is -0.384 e. The Balaban J connectivity index is 2.08. The fourth-order valence-electron chi connectivity index (χ4n) is 2.00. The normalized spacial score (nSPS) is 15.0. The molecule has 110 valence electrons. The summed E-state index contributed by atoms with van der Waals surface area (Å²) in [6.45, 7) is 3.50. The number of nitrogens with one attached hydrogen (secondary N) is 1. The molecular weight excluding hydrogens is 268 g/mol. The molecule has 2 atom stereocenters. The standard InChI is InChI=1S/C15H18N4O2/c1-11-8-13(5-4-12(11)9-16)18-14(20)15(2,21)10-19-7-3-6-17-19/h3-8,14,18,20-21H,10H2,1-2H3/t14?,15-/m0/s1. The maximum atomic E-state index is 10.4. The zero-order chi connectivity index (χ0) is 15.5. The summed E-state index contributed by atoms with van der Waals surface area (Å²) in [6, 6.07) is 8.96. The number of rotatable bonds is 5. The van der Waals surface area contributed by atoms with E-state index in [9.17, 15) is 10.2 Å². The Morgan fingerprint density at radius 3 is 2.86 bits per heavy atom. The van der Waals surface area contributed by atoms with Crippen molar-refractivity contribution in [3.05, 3.63) is 47.8 Å². The van der Waals surface area contributed by atoms with Crippen molar-refractivity contribution in [2.45, 2.75) is 32.2 Å². The average Bonchev–Trinajstić information content (AvgIpc) is 2.91. The van der Waals surface area contributed by atoms with Gasteiger partial charge < -0.3 is 15.5 Å². The van der Waals surface area contributed by atoms with Crippen LogP contribution in [0.3, 0.4) is 0 Å². The van der Waals surface area contributed by atoms with Gasteiger partial charge in [0.15, 0.2) is 6.23 Å². The van der Waals surface area contributed by atoms with Crippen LogP contribution in [0.15, 0.2) is 36.7 Å². The number of aliphatic hydroxyl groups is 2. The molecule has 21 heavy (non-hydrogen) atoms. The van der Waals surface area contributed by atoms with Crippen molar-refractivity contribution in [1.29, 1.82) is 5.26 Å². The van der Waals surface area contributed by atoms with Crippen LogP contribution >= 0.6 is 0 Å². The molecule has 1 heterocycles. The van der Waals surface area contributed by atoms with E-state index in [2.05, 4.69) is 16.5 Å². The summed E-state index contributed by atoms with van der Waals surface area (Å²) in [5.41, 5.74) is 0.632. The van der Waals surface area contributed by atoms with Gasteiger partial charge in [0.2, 0.25) is 0 Å². The molecule has 0 spiro atoms. The summed E-state index contributed by atoms with van der Waals surface area (Å²) >= 11 is 0. The third kappa shape index (κ3) is 3.60. The first-order chi connectivity index (χ1) is 9.92. The summed E-state index contributed by atoms with van der Waals surface area (Å²) in [5.74, 6) is 0. The van der Waals surface area contributed by atoms with Gasteiger partial charge in [-0.15, -0.1) is 0 Å². The fraction of sp³-hybridized carbons (Fsp3) is 0.333. The Morgan fingerprint density at radius 1 is 1.52 bits per heavy atom. The van der Waals surface area contributed by atoms with Crippen molar-refractivity contribution in [2.24, 2.45) is 0 Å². The Morgan fingerprint density at radius 2 is 2.29 bits per heavy atom. The van der Waals surface area contributed by atoms with E-state index >= 15 is 0 Å². The van der Waals surface area contributed by atoms with Gasteiger partial charge in [-0.3, -0.25) is 4.68 Å². The second kappa shape index (κ2) is 5.95. The first kappa shape index (κ1) is 15.0. The van der Waals surface area contributed by atoms with Crippen LogP contribution in [0.2, 0.25) is 0 Å². The maximum Gasteiger partial charge on any atom is 0.155 e. The smallest absolute Gasteiger partial charge is 0.155 e. The van der Waals surface area contributed by atoms with Gasteiger partial charge in [-0.05, 0) is 43.7 Å². The van der Waals surface area contributed by atoms with E-state index in [-0.39, 0.29) is 6.54 Å². The second-order valence-corrected chi connectivity index (χ2v) is 5.25. The minimum atomic E-state index is -1.40. The van der Waals surface area contributed by atoms with E-state index in [0.717, 1.165) is 5.56 Å². The van der Waals surface area contributed by atoms with Crippen molar-refractivity contribution in [1.82, 2.24) is 9.78 Å². The summed E-state index contributed by atoms with van der Waals surface area (Å²) in [6.07, 6.45) is 2.15. The Labute approximate surface area is 123 Å². The molecular formula is C15H18N4O2. The summed E-state index contributed by atoms with van der Waals surface area (Å²) in [5, 5.41) is 36.3. The minimum absolute atomic E-state index is 0.156. The van der Waals surface area contributed by atoms with Crippen molar-refractivity contribution in [3.8, 4) is 6.07 Å². The highest BCUT2D eigenvalue weighted by Crippen LogP contribution is 2.19. The molecule has 1 aromatic heterocycles. The quantitative estimate of drug-likeness (QED) is 0.719. The maximum absolute atomic E-state index is 10.4. The van der Waals surface area contributed by atoms with Gasteiger partial charge >= 0.3 is 0 Å². The summed E-state index contributed by atoms with van der Waals surface area (Å²) in [4.78, 5) is 0. The fourth-order valence-corrected chi connectivity index (χ4v) is 2.00. The number of aromatic nitrogens is 2. The topological polar surface area (TPSA) is 94.1 Å². The molecule has 2 rings (SSSR count). The zero-order valence-corrected chi connectivity index (χ0v) is 12.0. The SMILES string of the molecule is Cc1cc(NC(O)[C@@](C)(O)Cn2cccn2)ccc1C#N. The highest BCUT2D eigenvalue weighted by Gasteiger charge is 2.31. The lowest BCUT2D eigenvalue weighted by Crippen LogP contribution is -2.47. The third-order valence-electron chi connectivity index (χ3n) is 3.28. The van der Waals surface area contributed by atoms with E-state index in [4.69, 9.17) is 5.26 Å². The van der Waals surface area contributed by atoms with E-state index in [1.165, 1.54) is 6.92 Å². The van der Waals surface area contributed by atoms with Gasteiger partial charge in [0.1, 0.15) is 5.60 Å². The number of anilines is 1. The molecule has 0 saturated carbocycles. The zero-order valence-electron chi connectivity index (χ0n) is 12.0. The van der Waals surface area contributed by atoms with Crippen LogP contribution in [0.5, 0.6) is 0 Å². The van der Waals surface area contributed by atoms with Crippen molar-refractivity contribution < 1.29 is 10.2 Å². The van der Waals surface area contributed by atoms with E-state index in [0.29, 0.717) is 11.3 Å². The molecule has 1 aromatic carbocycles. The molecule has 1 unspecified atom stereocenters. The molecule has 2 aromatic rings. The molecule has 0 amide bonds. The van der Waals surface area contributed by atoms with Crippen molar-refractivity contribution >= 4 is 5.69 Å². The molecule has 3 N–H and O–H groups in total. The Kier molecular flexibility index (Phi) is 4.26. The lowest BCUT2D eigenvalue weighted by Gasteiger charge is -2.30. The van der Waals surface area contributed by atoms with Crippen molar-refractivity contribution in [2.75, 3.05) is 5.32 Å². The van der Waals surface area contributed by atoms with Gasteiger partial charge in [-0.2, -0.15) is 10.4 Å². The molecule has 0 radical (unpaired) electrons. The first-order valence-electron chi connectivity index (χ1n) is 6.57. The highest BCUT2D eigenvalue weighted by molar-refractivity contribution is 5.52. The lowest BCUT2D eigenvalue weighted by atomic mass is 10.0. The number of hydrogen-bond donors (Lipinski definition) is 3. The highest BCUT2D eigenvalue weighted by atomic mass is 16.4. The van der Waals surface area contributed by atoms with Crippen LogP contribution < -0.4 is 5.32 Å². The second-order valence-electron chi connectivity index (χ2n) is 5.25. The predicted octanol–water partition coefficient (Wildman–Crippen LogP) is 1.24. The lowest BCUT2D eigenvalue weighted by molar-refractivity contribution is -0.0605. The number of benzene rings is 1. The molecule has 0 fully saturated rings. The van der Waals surface area contributed by atoms with Gasteiger partial charge in [-0.25, -0.2) is 0 Å². The molecule has 6 nitrogen and oxygen atoms in total. The largest absolute Gasteiger partial charge is 0.384 e. The molecule has 0 aliphatic heterocycles. The number of nitriles is 1. The number of nitrogens with zero attached hydrogens (tertiary/aromatic N) is 3. The van der Waals surface area contributed by atoms with Crippen LogP contribution in [-0.2, 0) is 6.54 Å². The van der Waals surface area contributed by atoms with Crippen LogP contribution in [0.1, 0.15) is 18.1 Å². The van der Waals surface area contributed by atoms with Crippen LogP contribution in [0.4, 0.5) is 5.69 Å². The third-order valence-corrected chi connectivity index (χ3v) is 3.28. The molecule has 0 saturated heterocycles. The molecule has 0 aliphatic rings. The van der Waals surface area contributed by atoms with Gasteiger partial charge in [-0.1, -0.05) is 0 Å². The Hall–Kier alpha value is -2.36. The summed E-state index contributed by atoms with van der Waals surface area (Å²) < 4.78 is 1.55. The molecule has 0 aliphatic carbocycles. The molecule has 6 heteroatoms.